The van der Waals surface area contributed by atoms with Gasteiger partial charge in [0.15, 0.2) is 6.61 Å². The van der Waals surface area contributed by atoms with Gasteiger partial charge in [0.05, 0.1) is 0 Å². The van der Waals surface area contributed by atoms with E-state index in [1.807, 2.05) is 6.92 Å². The normalized spacial score (nSPS) is 9.93. The fraction of sp³-hybridized carbons (Fsp3) is 0.300. The maximum atomic E-state index is 13.2. The molecule has 0 saturated heterocycles. The molecule has 4 heteroatoms. The summed E-state index contributed by atoms with van der Waals surface area (Å²) in [4.78, 5) is 10.4. The van der Waals surface area contributed by atoms with E-state index in [1.165, 1.54) is 6.07 Å². The van der Waals surface area contributed by atoms with Gasteiger partial charge in [-0.25, -0.2) is 4.39 Å². The molecule has 0 spiro atoms. The van der Waals surface area contributed by atoms with Crippen LogP contribution in [-0.2, 0) is 11.2 Å². The van der Waals surface area contributed by atoms with E-state index in [-0.39, 0.29) is 12.4 Å². The van der Waals surface area contributed by atoms with Gasteiger partial charge < -0.3 is 4.74 Å². The Bertz CT molecular complexity index is 339. The van der Waals surface area contributed by atoms with E-state index in [4.69, 9.17) is 16.3 Å². The lowest BCUT2D eigenvalue weighted by atomic mass is 10.1. The number of aryl methyl sites for hydroxylation is 1. The molecule has 0 heterocycles. The Morgan fingerprint density at radius 1 is 1.57 bits per heavy atom. The molecule has 0 bridgehead atoms. The Balaban J connectivity index is 2.71. The minimum absolute atomic E-state index is 0.244. The summed E-state index contributed by atoms with van der Waals surface area (Å²) in [5.74, 6) is -0.0132. The summed E-state index contributed by atoms with van der Waals surface area (Å²) in [5, 5.41) is -0.607. The fourth-order valence-corrected chi connectivity index (χ4v) is 1.10. The molecule has 1 rings (SSSR count). The van der Waals surface area contributed by atoms with Gasteiger partial charge in [0.25, 0.3) is 5.24 Å². The van der Waals surface area contributed by atoms with Crippen LogP contribution in [0.15, 0.2) is 18.2 Å². The molecule has 0 N–H and O–H groups in total. The van der Waals surface area contributed by atoms with Crippen LogP contribution < -0.4 is 4.74 Å². The molecule has 0 radical (unpaired) electrons. The lowest BCUT2D eigenvalue weighted by Gasteiger charge is -2.05. The van der Waals surface area contributed by atoms with Crippen LogP contribution in [0.1, 0.15) is 12.5 Å². The second-order valence-corrected chi connectivity index (χ2v) is 3.17. The maximum Gasteiger partial charge on any atom is 0.259 e. The first-order chi connectivity index (χ1) is 6.63. The van der Waals surface area contributed by atoms with Gasteiger partial charge in [-0.3, -0.25) is 4.79 Å². The number of halogens is 2. The van der Waals surface area contributed by atoms with Crippen molar-refractivity contribution in [2.75, 3.05) is 6.61 Å². The van der Waals surface area contributed by atoms with Gasteiger partial charge in [-0.1, -0.05) is 13.0 Å². The Kier molecular flexibility index (Phi) is 3.89. The van der Waals surface area contributed by atoms with Gasteiger partial charge in [-0.05, 0) is 29.7 Å². The molecule has 14 heavy (non-hydrogen) atoms. The summed E-state index contributed by atoms with van der Waals surface area (Å²) < 4.78 is 18.1. The molecule has 0 aliphatic heterocycles. The quantitative estimate of drug-likeness (QED) is 0.723. The molecular weight excluding hydrogens is 207 g/mol. The van der Waals surface area contributed by atoms with E-state index in [0.717, 1.165) is 0 Å². The van der Waals surface area contributed by atoms with Gasteiger partial charge in [-0.15, -0.1) is 0 Å². The first kappa shape index (κ1) is 11.0. The maximum absolute atomic E-state index is 13.2. The zero-order valence-corrected chi connectivity index (χ0v) is 8.47. The van der Waals surface area contributed by atoms with Crippen molar-refractivity contribution in [2.45, 2.75) is 13.3 Å². The minimum atomic E-state index is -0.607. The van der Waals surface area contributed by atoms with Crippen LogP contribution in [0.2, 0.25) is 0 Å². The summed E-state index contributed by atoms with van der Waals surface area (Å²) in [7, 11) is 0. The van der Waals surface area contributed by atoms with Crippen molar-refractivity contribution < 1.29 is 13.9 Å². The van der Waals surface area contributed by atoms with Gasteiger partial charge >= 0.3 is 0 Å². The number of ether oxygens (including phenoxy) is 1. The summed E-state index contributed by atoms with van der Waals surface area (Å²) in [6.07, 6.45) is 0.626. The third-order valence-electron chi connectivity index (χ3n) is 1.76. The molecule has 0 aliphatic rings. The zero-order valence-electron chi connectivity index (χ0n) is 7.72. The number of rotatable bonds is 4. The third kappa shape index (κ3) is 3.00. The molecule has 76 valence electrons. The second-order valence-electron chi connectivity index (χ2n) is 2.75. The molecule has 0 aliphatic carbocycles. The third-order valence-corrected chi connectivity index (χ3v) is 1.87. The van der Waals surface area contributed by atoms with Crippen molar-refractivity contribution >= 4 is 16.8 Å². The van der Waals surface area contributed by atoms with E-state index in [0.29, 0.717) is 17.7 Å². The average molecular weight is 217 g/mol. The molecule has 0 saturated carbocycles. The van der Waals surface area contributed by atoms with Crippen LogP contribution in [0.5, 0.6) is 5.75 Å². The van der Waals surface area contributed by atoms with Crippen LogP contribution in [0.4, 0.5) is 4.39 Å². The fourth-order valence-electron chi connectivity index (χ4n) is 1.04. The van der Waals surface area contributed by atoms with Crippen molar-refractivity contribution in [3.63, 3.8) is 0 Å². The molecule has 0 atom stereocenters. The number of hydrogen-bond acceptors (Lipinski definition) is 2. The molecule has 1 aromatic rings. The van der Waals surface area contributed by atoms with Crippen LogP contribution >= 0.6 is 11.6 Å². The summed E-state index contributed by atoms with van der Waals surface area (Å²) in [6, 6.07) is 4.49. The summed E-state index contributed by atoms with van der Waals surface area (Å²) >= 11 is 5.07. The predicted octanol–water partition coefficient (Wildman–Crippen LogP) is 2.53. The minimum Gasteiger partial charge on any atom is -0.484 e. The van der Waals surface area contributed by atoms with Crippen molar-refractivity contribution in [3.05, 3.63) is 29.6 Å². The highest BCUT2D eigenvalue weighted by Gasteiger charge is 2.03. The van der Waals surface area contributed by atoms with Gasteiger partial charge in [0.1, 0.15) is 11.6 Å². The van der Waals surface area contributed by atoms with Gasteiger partial charge in [-0.2, -0.15) is 0 Å². The lowest BCUT2D eigenvalue weighted by Crippen LogP contribution is -2.04. The van der Waals surface area contributed by atoms with Crippen LogP contribution in [0, 0.1) is 5.82 Å². The highest BCUT2D eigenvalue weighted by Crippen LogP contribution is 2.16. The highest BCUT2D eigenvalue weighted by atomic mass is 35.5. The first-order valence-corrected chi connectivity index (χ1v) is 4.61. The number of benzene rings is 1. The molecule has 0 fully saturated rings. The molecule has 0 amide bonds. The van der Waals surface area contributed by atoms with Crippen molar-refractivity contribution in [3.8, 4) is 5.75 Å². The summed E-state index contributed by atoms with van der Waals surface area (Å²) in [5.41, 5.74) is 0.620. The molecule has 0 aromatic heterocycles. The van der Waals surface area contributed by atoms with Gasteiger partial charge in [0, 0.05) is 6.07 Å². The van der Waals surface area contributed by atoms with E-state index >= 15 is 0 Å². The van der Waals surface area contributed by atoms with Crippen molar-refractivity contribution in [2.24, 2.45) is 0 Å². The smallest absolute Gasteiger partial charge is 0.259 e. The SMILES string of the molecule is CCc1ccc(OCC(=O)Cl)cc1F. The number of hydrogen-bond donors (Lipinski definition) is 0. The van der Waals surface area contributed by atoms with E-state index in [2.05, 4.69) is 0 Å². The second kappa shape index (κ2) is 4.96. The molecular formula is C10H10ClFO2. The lowest BCUT2D eigenvalue weighted by molar-refractivity contribution is -0.113. The van der Waals surface area contributed by atoms with Crippen molar-refractivity contribution in [1.82, 2.24) is 0 Å². The molecule has 2 nitrogen and oxygen atoms in total. The predicted molar refractivity (Wildman–Crippen MR) is 52.1 cm³/mol. The average Bonchev–Trinajstić information content (AvgIpc) is 2.15. The molecule has 1 aromatic carbocycles. The Morgan fingerprint density at radius 2 is 2.29 bits per heavy atom. The van der Waals surface area contributed by atoms with Crippen molar-refractivity contribution in [1.29, 1.82) is 0 Å². The first-order valence-electron chi connectivity index (χ1n) is 4.23. The topological polar surface area (TPSA) is 26.3 Å². The highest BCUT2D eigenvalue weighted by molar-refractivity contribution is 6.63. The monoisotopic (exact) mass is 216 g/mol. The number of carbonyl (C=O) groups is 1. The van der Waals surface area contributed by atoms with Crippen LogP contribution in [0.25, 0.3) is 0 Å². The Labute approximate surface area is 86.6 Å². The van der Waals surface area contributed by atoms with E-state index < -0.39 is 5.24 Å². The summed E-state index contributed by atoms with van der Waals surface area (Å²) in [6.45, 7) is 1.62. The zero-order chi connectivity index (χ0) is 10.6. The standard InChI is InChI=1S/C10H10ClFO2/c1-2-7-3-4-8(5-9(7)12)14-6-10(11)13/h3-5H,2,6H2,1H3. The van der Waals surface area contributed by atoms with Crippen LogP contribution in [0.3, 0.4) is 0 Å². The van der Waals surface area contributed by atoms with Gasteiger partial charge in [0.2, 0.25) is 0 Å². The van der Waals surface area contributed by atoms with E-state index in [9.17, 15) is 9.18 Å². The van der Waals surface area contributed by atoms with E-state index in [1.54, 1.807) is 12.1 Å². The Hall–Kier alpha value is -1.09. The Morgan fingerprint density at radius 3 is 2.79 bits per heavy atom. The number of carbonyl (C=O) groups excluding carboxylic acids is 1. The largest absolute Gasteiger partial charge is 0.484 e. The van der Waals surface area contributed by atoms with Crippen LogP contribution in [-0.4, -0.2) is 11.8 Å². The molecule has 0 unspecified atom stereocenters.